The van der Waals surface area contributed by atoms with Gasteiger partial charge in [0, 0.05) is 17.4 Å². The molecule has 1 aromatic heterocycles. The van der Waals surface area contributed by atoms with Crippen LogP contribution in [0.15, 0.2) is 59.0 Å². The number of para-hydroxylation sites is 2. The first-order valence-corrected chi connectivity index (χ1v) is 10.1. The maximum Gasteiger partial charge on any atom is 0.325 e. The molecule has 2 aliphatic heterocycles. The molecular formula is C23H21N3O5. The lowest BCUT2D eigenvalue weighted by Crippen LogP contribution is -2.44. The number of nitrogens with zero attached hydrogens (tertiary/aromatic N) is 1. The van der Waals surface area contributed by atoms with Gasteiger partial charge in [-0.2, -0.15) is 0 Å². The van der Waals surface area contributed by atoms with Gasteiger partial charge in [0.15, 0.2) is 5.54 Å². The van der Waals surface area contributed by atoms with Gasteiger partial charge in [-0.05, 0) is 25.1 Å². The van der Waals surface area contributed by atoms with Crippen molar-refractivity contribution in [2.75, 3.05) is 13.2 Å². The van der Waals surface area contributed by atoms with Crippen molar-refractivity contribution in [3.63, 3.8) is 0 Å². The highest BCUT2D eigenvalue weighted by molar-refractivity contribution is 6.09. The molecule has 8 nitrogen and oxygen atoms in total. The van der Waals surface area contributed by atoms with Crippen LogP contribution in [0.1, 0.15) is 30.7 Å². The zero-order chi connectivity index (χ0) is 21.6. The molecule has 0 unspecified atom stereocenters. The fraction of sp³-hybridized carbons (Fsp3) is 0.261. The zero-order valence-electron chi connectivity index (χ0n) is 16.9. The Morgan fingerprint density at radius 2 is 1.97 bits per heavy atom. The predicted molar refractivity (Wildman–Crippen MR) is 111 cm³/mol. The van der Waals surface area contributed by atoms with Gasteiger partial charge in [-0.25, -0.2) is 4.79 Å². The lowest BCUT2D eigenvalue weighted by molar-refractivity contribution is -0.135. The number of imide groups is 1. The average Bonchev–Trinajstić information content (AvgIpc) is 3.30. The Labute approximate surface area is 178 Å². The van der Waals surface area contributed by atoms with Crippen LogP contribution in [0.2, 0.25) is 0 Å². The Morgan fingerprint density at radius 1 is 1.19 bits per heavy atom. The van der Waals surface area contributed by atoms with E-state index in [1.54, 1.807) is 19.1 Å². The summed E-state index contributed by atoms with van der Waals surface area (Å²) < 4.78 is 11.4. The molecule has 8 heteroatoms. The molecular weight excluding hydrogens is 398 g/mol. The average molecular weight is 419 g/mol. The summed E-state index contributed by atoms with van der Waals surface area (Å²) in [6, 6.07) is 15.7. The zero-order valence-corrected chi connectivity index (χ0v) is 16.9. The van der Waals surface area contributed by atoms with Crippen LogP contribution in [0.25, 0.3) is 11.0 Å². The normalized spacial score (nSPS) is 22.7. The second-order valence-electron chi connectivity index (χ2n) is 7.89. The van der Waals surface area contributed by atoms with Crippen LogP contribution in [-0.4, -0.2) is 35.9 Å². The van der Waals surface area contributed by atoms with E-state index in [0.29, 0.717) is 24.4 Å². The van der Waals surface area contributed by atoms with Crippen molar-refractivity contribution in [3.05, 3.63) is 65.9 Å². The molecule has 4 amide bonds. The molecule has 0 radical (unpaired) electrons. The van der Waals surface area contributed by atoms with Gasteiger partial charge in [-0.15, -0.1) is 0 Å². The molecule has 0 spiro atoms. The minimum absolute atomic E-state index is 0.236. The summed E-state index contributed by atoms with van der Waals surface area (Å²) in [5.74, 6) is 0.109. The van der Waals surface area contributed by atoms with Gasteiger partial charge in [0.2, 0.25) is 5.91 Å². The number of hydrogen-bond acceptors (Lipinski definition) is 5. The van der Waals surface area contributed by atoms with Gasteiger partial charge in [0.1, 0.15) is 23.6 Å². The number of fused-ring (bicyclic) bond motifs is 2. The highest BCUT2D eigenvalue weighted by atomic mass is 16.5. The third kappa shape index (κ3) is 3.20. The minimum Gasteiger partial charge on any atom is -0.493 e. The van der Waals surface area contributed by atoms with Crippen molar-refractivity contribution in [1.29, 1.82) is 0 Å². The fourth-order valence-electron chi connectivity index (χ4n) is 4.11. The summed E-state index contributed by atoms with van der Waals surface area (Å²) in [6.45, 7) is 1.69. The maximum atomic E-state index is 13.1. The Kier molecular flexibility index (Phi) is 4.43. The second-order valence-corrected chi connectivity index (χ2v) is 7.89. The monoisotopic (exact) mass is 419 g/mol. The van der Waals surface area contributed by atoms with Crippen LogP contribution in [0.4, 0.5) is 4.79 Å². The SMILES string of the molecule is C[C@]1(c2cc3ccccc3o2)NC(=O)N(CC(=O)N[C@@H]2CCOc3ccccc32)C1=O. The lowest BCUT2D eigenvalue weighted by Gasteiger charge is -2.27. The molecule has 3 aromatic rings. The summed E-state index contributed by atoms with van der Waals surface area (Å²) in [4.78, 5) is 39.3. The Morgan fingerprint density at radius 3 is 2.81 bits per heavy atom. The maximum absolute atomic E-state index is 13.1. The molecule has 2 aliphatic rings. The van der Waals surface area contributed by atoms with Crippen molar-refractivity contribution < 1.29 is 23.5 Å². The van der Waals surface area contributed by atoms with Crippen LogP contribution in [-0.2, 0) is 15.1 Å². The molecule has 158 valence electrons. The van der Waals surface area contributed by atoms with Crippen LogP contribution in [0.5, 0.6) is 5.75 Å². The van der Waals surface area contributed by atoms with Gasteiger partial charge in [-0.1, -0.05) is 36.4 Å². The fourth-order valence-corrected chi connectivity index (χ4v) is 4.11. The molecule has 2 N–H and O–H groups in total. The molecule has 2 atom stereocenters. The molecule has 0 aliphatic carbocycles. The molecule has 0 bridgehead atoms. The van der Waals surface area contributed by atoms with Crippen LogP contribution >= 0.6 is 0 Å². The molecule has 5 rings (SSSR count). The van der Waals surface area contributed by atoms with E-state index in [-0.39, 0.29) is 12.6 Å². The molecule has 1 saturated heterocycles. The first kappa shape index (κ1) is 19.2. The van der Waals surface area contributed by atoms with Crippen LogP contribution in [0, 0.1) is 0 Å². The number of urea groups is 1. The van der Waals surface area contributed by atoms with E-state index in [1.165, 1.54) is 0 Å². The molecule has 31 heavy (non-hydrogen) atoms. The smallest absolute Gasteiger partial charge is 0.325 e. The van der Waals surface area contributed by atoms with Crippen molar-refractivity contribution in [2.45, 2.75) is 24.9 Å². The van der Waals surface area contributed by atoms with Crippen molar-refractivity contribution in [2.24, 2.45) is 0 Å². The Balaban J connectivity index is 1.33. The molecule has 0 saturated carbocycles. The van der Waals surface area contributed by atoms with Gasteiger partial charge in [-0.3, -0.25) is 14.5 Å². The first-order valence-electron chi connectivity index (χ1n) is 10.1. The molecule has 3 heterocycles. The number of carbonyl (C=O) groups excluding carboxylic acids is 3. The van der Waals surface area contributed by atoms with Gasteiger partial charge in [0.25, 0.3) is 5.91 Å². The van der Waals surface area contributed by atoms with Crippen molar-refractivity contribution >= 4 is 28.8 Å². The number of carbonyl (C=O) groups is 3. The number of rotatable bonds is 4. The standard InChI is InChI=1S/C23H21N3O5/c1-23(19-12-14-6-2-4-8-17(14)31-19)21(28)26(22(29)25-23)13-20(27)24-16-10-11-30-18-9-5-3-7-15(16)18/h2-9,12,16H,10-11,13H2,1H3,(H,24,27)(H,25,29)/t16-,23-/m1/s1. The van der Waals surface area contributed by atoms with E-state index >= 15 is 0 Å². The number of furan rings is 1. The summed E-state index contributed by atoms with van der Waals surface area (Å²) in [5.41, 5.74) is 0.128. The number of benzene rings is 2. The third-order valence-electron chi connectivity index (χ3n) is 5.79. The van der Waals surface area contributed by atoms with Gasteiger partial charge in [0.05, 0.1) is 12.6 Å². The second kappa shape index (κ2) is 7.16. The van der Waals surface area contributed by atoms with E-state index in [0.717, 1.165) is 21.6 Å². The van der Waals surface area contributed by atoms with E-state index in [4.69, 9.17) is 9.15 Å². The Hall–Kier alpha value is -3.81. The summed E-state index contributed by atoms with van der Waals surface area (Å²) in [7, 11) is 0. The topological polar surface area (TPSA) is 101 Å². The van der Waals surface area contributed by atoms with E-state index in [9.17, 15) is 14.4 Å². The largest absolute Gasteiger partial charge is 0.493 e. The summed E-state index contributed by atoms with van der Waals surface area (Å²) >= 11 is 0. The Bertz CT molecular complexity index is 1170. The summed E-state index contributed by atoms with van der Waals surface area (Å²) in [6.07, 6.45) is 0.611. The number of ether oxygens (including phenoxy) is 1. The molecule has 1 fully saturated rings. The van der Waals surface area contributed by atoms with Crippen LogP contribution < -0.4 is 15.4 Å². The highest BCUT2D eigenvalue weighted by Gasteiger charge is 2.51. The van der Waals surface area contributed by atoms with Crippen molar-refractivity contribution in [1.82, 2.24) is 15.5 Å². The quantitative estimate of drug-likeness (QED) is 0.634. The van der Waals surface area contributed by atoms with E-state index in [2.05, 4.69) is 10.6 Å². The highest BCUT2D eigenvalue weighted by Crippen LogP contribution is 2.34. The predicted octanol–water partition coefficient (Wildman–Crippen LogP) is 2.84. The molecule has 2 aromatic carbocycles. The van der Waals surface area contributed by atoms with Gasteiger partial charge < -0.3 is 19.8 Å². The van der Waals surface area contributed by atoms with Crippen LogP contribution in [0.3, 0.4) is 0 Å². The third-order valence-corrected chi connectivity index (χ3v) is 5.79. The van der Waals surface area contributed by atoms with Crippen molar-refractivity contribution in [3.8, 4) is 5.75 Å². The lowest BCUT2D eigenvalue weighted by atomic mass is 9.98. The number of amides is 4. The number of nitrogens with one attached hydrogen (secondary N) is 2. The van der Waals surface area contributed by atoms with E-state index < -0.39 is 23.4 Å². The van der Waals surface area contributed by atoms with Gasteiger partial charge >= 0.3 is 6.03 Å². The minimum atomic E-state index is -1.37. The summed E-state index contributed by atoms with van der Waals surface area (Å²) in [5, 5.41) is 6.42. The first-order chi connectivity index (χ1) is 15.0. The number of hydrogen-bond donors (Lipinski definition) is 2. The van der Waals surface area contributed by atoms with E-state index in [1.807, 2.05) is 42.5 Å².